The first-order valence-electron chi connectivity index (χ1n) is 6.14. The van der Waals surface area contributed by atoms with E-state index in [9.17, 15) is 19.7 Å². The van der Waals surface area contributed by atoms with Gasteiger partial charge in [-0.3, -0.25) is 24.5 Å². The summed E-state index contributed by atoms with van der Waals surface area (Å²) in [6.45, 7) is 1.41. The quantitative estimate of drug-likeness (QED) is 0.468. The predicted molar refractivity (Wildman–Crippen MR) is 74.3 cm³/mol. The second-order valence-corrected chi connectivity index (χ2v) is 5.25. The zero-order valence-electron chi connectivity index (χ0n) is 10.7. The fourth-order valence-corrected chi connectivity index (χ4v) is 2.69. The number of nitrogens with one attached hydrogen (secondary N) is 1. The molecule has 0 unspecified atom stereocenters. The molecule has 1 N–H and O–H groups in total. The Labute approximate surface area is 119 Å². The Hall–Kier alpha value is -1.61. The van der Waals surface area contributed by atoms with Crippen LogP contribution in [0.3, 0.4) is 0 Å². The lowest BCUT2D eigenvalue weighted by Crippen LogP contribution is -2.40. The van der Waals surface area contributed by atoms with Gasteiger partial charge in [-0.05, 0) is 18.6 Å². The van der Waals surface area contributed by atoms with E-state index in [4.69, 9.17) is 4.74 Å². The SMILES string of the molecule is O=c1[nH]c(=O)n(CC2(CS)CCOCC2)cc1[N+](=O)[O-]. The number of aromatic nitrogens is 2. The molecule has 0 saturated carbocycles. The second-order valence-electron chi connectivity index (χ2n) is 4.93. The van der Waals surface area contributed by atoms with Crippen LogP contribution in [0.1, 0.15) is 12.8 Å². The molecule has 0 aliphatic carbocycles. The van der Waals surface area contributed by atoms with Gasteiger partial charge >= 0.3 is 16.9 Å². The average molecular weight is 301 g/mol. The highest BCUT2D eigenvalue weighted by Crippen LogP contribution is 2.33. The van der Waals surface area contributed by atoms with E-state index >= 15 is 0 Å². The molecule has 8 nitrogen and oxygen atoms in total. The number of H-pyrrole nitrogens is 1. The van der Waals surface area contributed by atoms with E-state index in [-0.39, 0.29) is 12.0 Å². The van der Waals surface area contributed by atoms with Crippen LogP contribution in [-0.4, -0.2) is 33.4 Å². The third-order valence-electron chi connectivity index (χ3n) is 3.58. The molecule has 20 heavy (non-hydrogen) atoms. The molecule has 2 rings (SSSR count). The number of hydrogen-bond donors (Lipinski definition) is 2. The molecule has 0 amide bonds. The first kappa shape index (κ1) is 14.8. The normalized spacial score (nSPS) is 17.9. The molecule has 1 fully saturated rings. The van der Waals surface area contributed by atoms with Crippen LogP contribution in [0, 0.1) is 15.5 Å². The minimum Gasteiger partial charge on any atom is -0.381 e. The van der Waals surface area contributed by atoms with Crippen molar-refractivity contribution in [1.29, 1.82) is 0 Å². The highest BCUT2D eigenvalue weighted by Gasteiger charge is 2.32. The number of thiol groups is 1. The zero-order valence-corrected chi connectivity index (χ0v) is 11.6. The molecule has 1 aliphatic rings. The molecule has 0 atom stereocenters. The van der Waals surface area contributed by atoms with Gasteiger partial charge in [-0.15, -0.1) is 0 Å². The molecule has 0 aromatic carbocycles. The van der Waals surface area contributed by atoms with E-state index in [0.29, 0.717) is 19.0 Å². The molecule has 1 aliphatic heterocycles. The molecule has 1 saturated heterocycles. The summed E-state index contributed by atoms with van der Waals surface area (Å²) < 4.78 is 6.47. The maximum absolute atomic E-state index is 11.8. The second kappa shape index (κ2) is 5.80. The average Bonchev–Trinajstić information content (AvgIpc) is 2.42. The first-order chi connectivity index (χ1) is 9.47. The van der Waals surface area contributed by atoms with E-state index in [1.54, 1.807) is 0 Å². The summed E-state index contributed by atoms with van der Waals surface area (Å²) in [4.78, 5) is 35.0. The van der Waals surface area contributed by atoms with Crippen molar-refractivity contribution in [1.82, 2.24) is 9.55 Å². The minimum absolute atomic E-state index is 0.253. The molecule has 2 heterocycles. The van der Waals surface area contributed by atoms with Crippen LogP contribution in [0.15, 0.2) is 15.8 Å². The highest BCUT2D eigenvalue weighted by molar-refractivity contribution is 7.80. The molecule has 0 bridgehead atoms. The van der Waals surface area contributed by atoms with Gasteiger partial charge in [0.15, 0.2) is 0 Å². The Morgan fingerprint density at radius 2 is 2.10 bits per heavy atom. The van der Waals surface area contributed by atoms with Crippen LogP contribution in [0.25, 0.3) is 0 Å². The lowest BCUT2D eigenvalue weighted by atomic mass is 9.82. The van der Waals surface area contributed by atoms with Crippen molar-refractivity contribution in [2.24, 2.45) is 5.41 Å². The van der Waals surface area contributed by atoms with Crippen molar-refractivity contribution < 1.29 is 9.66 Å². The van der Waals surface area contributed by atoms with Gasteiger partial charge in [0.05, 0.1) is 11.1 Å². The van der Waals surface area contributed by atoms with Gasteiger partial charge < -0.3 is 4.74 Å². The summed E-state index contributed by atoms with van der Waals surface area (Å²) in [6, 6.07) is 0. The van der Waals surface area contributed by atoms with Crippen LogP contribution < -0.4 is 11.2 Å². The predicted octanol–water partition coefficient (Wildman–Crippen LogP) is 0.171. The van der Waals surface area contributed by atoms with Crippen molar-refractivity contribution in [2.75, 3.05) is 19.0 Å². The Kier molecular flexibility index (Phi) is 4.29. The third kappa shape index (κ3) is 2.93. The standard InChI is InChI=1S/C11H15N3O5S/c15-9-8(14(17)18)5-13(10(16)12-9)6-11(7-20)1-3-19-4-2-11/h5,20H,1-4,6-7H2,(H,12,15,16). The van der Waals surface area contributed by atoms with E-state index < -0.39 is 21.9 Å². The van der Waals surface area contributed by atoms with Gasteiger partial charge in [0.25, 0.3) is 0 Å². The molecular weight excluding hydrogens is 286 g/mol. The van der Waals surface area contributed by atoms with Gasteiger partial charge in [0.2, 0.25) is 0 Å². The lowest BCUT2D eigenvalue weighted by Gasteiger charge is -2.36. The summed E-state index contributed by atoms with van der Waals surface area (Å²) in [6.07, 6.45) is 2.44. The van der Waals surface area contributed by atoms with Crippen LogP contribution >= 0.6 is 12.6 Å². The van der Waals surface area contributed by atoms with Gasteiger partial charge in [0, 0.05) is 25.2 Å². The lowest BCUT2D eigenvalue weighted by molar-refractivity contribution is -0.386. The van der Waals surface area contributed by atoms with Crippen molar-refractivity contribution in [2.45, 2.75) is 19.4 Å². The summed E-state index contributed by atoms with van der Waals surface area (Å²) in [5, 5.41) is 10.8. The van der Waals surface area contributed by atoms with Crippen LogP contribution in [0.5, 0.6) is 0 Å². The maximum atomic E-state index is 11.8. The summed E-state index contributed by atoms with van der Waals surface area (Å²) >= 11 is 4.32. The van der Waals surface area contributed by atoms with E-state index in [2.05, 4.69) is 12.6 Å². The van der Waals surface area contributed by atoms with Crippen molar-refractivity contribution in [3.63, 3.8) is 0 Å². The third-order valence-corrected chi connectivity index (χ3v) is 4.25. The topological polar surface area (TPSA) is 107 Å². The number of aromatic amines is 1. The molecule has 110 valence electrons. The number of hydrogen-bond acceptors (Lipinski definition) is 6. The Morgan fingerprint density at radius 3 is 2.65 bits per heavy atom. The van der Waals surface area contributed by atoms with Crippen molar-refractivity contribution >= 4 is 18.3 Å². The van der Waals surface area contributed by atoms with Gasteiger partial charge in [-0.1, -0.05) is 0 Å². The van der Waals surface area contributed by atoms with Crippen molar-refractivity contribution in [3.8, 4) is 0 Å². The summed E-state index contributed by atoms with van der Waals surface area (Å²) in [5.41, 5.74) is -2.51. The molecule has 1 aromatic rings. The van der Waals surface area contributed by atoms with Gasteiger partial charge in [0.1, 0.15) is 0 Å². The van der Waals surface area contributed by atoms with Gasteiger partial charge in [-0.2, -0.15) is 12.6 Å². The van der Waals surface area contributed by atoms with E-state index in [1.807, 2.05) is 4.98 Å². The van der Waals surface area contributed by atoms with Crippen LogP contribution in [0.4, 0.5) is 5.69 Å². The Bertz CT molecular complexity index is 617. The summed E-state index contributed by atoms with van der Waals surface area (Å²) in [7, 11) is 0. The largest absolute Gasteiger partial charge is 0.381 e. The molecule has 0 spiro atoms. The monoisotopic (exact) mass is 301 g/mol. The number of nitro groups is 1. The smallest absolute Gasteiger partial charge is 0.350 e. The Morgan fingerprint density at radius 1 is 1.45 bits per heavy atom. The maximum Gasteiger partial charge on any atom is 0.350 e. The molecule has 0 radical (unpaired) electrons. The minimum atomic E-state index is -0.983. The number of rotatable bonds is 4. The van der Waals surface area contributed by atoms with Gasteiger partial charge in [-0.25, -0.2) is 4.79 Å². The molecule has 1 aromatic heterocycles. The fraction of sp³-hybridized carbons (Fsp3) is 0.636. The summed E-state index contributed by atoms with van der Waals surface area (Å²) in [5.74, 6) is 0.537. The fourth-order valence-electron chi connectivity index (χ4n) is 2.28. The Balaban J connectivity index is 2.37. The molecular formula is C11H15N3O5S. The number of nitrogens with zero attached hydrogens (tertiary/aromatic N) is 2. The van der Waals surface area contributed by atoms with Crippen LogP contribution in [-0.2, 0) is 11.3 Å². The highest BCUT2D eigenvalue weighted by atomic mass is 32.1. The van der Waals surface area contributed by atoms with E-state index in [0.717, 1.165) is 19.0 Å². The number of ether oxygens (including phenoxy) is 1. The zero-order chi connectivity index (χ0) is 14.8. The van der Waals surface area contributed by atoms with Crippen molar-refractivity contribution in [3.05, 3.63) is 37.1 Å². The molecule has 9 heteroatoms. The van der Waals surface area contributed by atoms with E-state index in [1.165, 1.54) is 4.57 Å². The van der Waals surface area contributed by atoms with Crippen LogP contribution in [0.2, 0.25) is 0 Å². The first-order valence-corrected chi connectivity index (χ1v) is 6.77.